The van der Waals surface area contributed by atoms with E-state index in [1.165, 1.54) is 12.2 Å². The molecule has 0 aromatic carbocycles. The first-order valence-corrected chi connectivity index (χ1v) is 7.19. The van der Waals surface area contributed by atoms with Gasteiger partial charge in [0.15, 0.2) is 0 Å². The van der Waals surface area contributed by atoms with Crippen molar-refractivity contribution in [3.63, 3.8) is 0 Å². The molecule has 0 aliphatic carbocycles. The summed E-state index contributed by atoms with van der Waals surface area (Å²) in [6, 6.07) is 1.94. The fraction of sp³-hybridized carbons (Fsp3) is 0.667. The van der Waals surface area contributed by atoms with E-state index >= 15 is 0 Å². The zero-order valence-corrected chi connectivity index (χ0v) is 11.2. The van der Waals surface area contributed by atoms with Crippen LogP contribution in [0.5, 0.6) is 5.88 Å². The molecule has 0 N–H and O–H groups in total. The highest BCUT2D eigenvalue weighted by Crippen LogP contribution is 2.25. The number of aromatic nitrogens is 2. The van der Waals surface area contributed by atoms with Crippen molar-refractivity contribution >= 4 is 17.6 Å². The summed E-state index contributed by atoms with van der Waals surface area (Å²) < 4.78 is 5.41. The maximum atomic E-state index is 5.41. The molecule has 0 spiro atoms. The van der Waals surface area contributed by atoms with Crippen LogP contribution in [0.3, 0.4) is 0 Å². The van der Waals surface area contributed by atoms with Gasteiger partial charge >= 0.3 is 0 Å². The normalized spacial score (nSPS) is 20.4. The van der Waals surface area contributed by atoms with E-state index in [-0.39, 0.29) is 0 Å². The molecule has 94 valence electrons. The van der Waals surface area contributed by atoms with E-state index in [2.05, 4.69) is 33.6 Å². The minimum atomic E-state index is 0.643. The summed E-state index contributed by atoms with van der Waals surface area (Å²) in [5, 5.41) is 0.717. The van der Waals surface area contributed by atoms with Gasteiger partial charge in [0.1, 0.15) is 12.1 Å². The molecule has 17 heavy (non-hydrogen) atoms. The van der Waals surface area contributed by atoms with Gasteiger partial charge < -0.3 is 9.64 Å². The molecular formula is C12H19N3OS. The van der Waals surface area contributed by atoms with Crippen LogP contribution < -0.4 is 9.64 Å². The molecule has 1 aromatic rings. The second-order valence-corrected chi connectivity index (χ2v) is 5.40. The summed E-state index contributed by atoms with van der Waals surface area (Å²) in [6.45, 7) is 6.98. The molecule has 0 amide bonds. The van der Waals surface area contributed by atoms with Crippen molar-refractivity contribution in [2.24, 2.45) is 0 Å². The molecule has 2 heterocycles. The second-order valence-electron chi connectivity index (χ2n) is 3.99. The molecule has 0 saturated carbocycles. The van der Waals surface area contributed by atoms with Gasteiger partial charge in [-0.05, 0) is 13.3 Å². The fourth-order valence-electron chi connectivity index (χ4n) is 1.90. The molecule has 2 rings (SSSR count). The maximum Gasteiger partial charge on any atom is 0.218 e. The minimum Gasteiger partial charge on any atom is -0.478 e. The van der Waals surface area contributed by atoms with Gasteiger partial charge in [0.05, 0.1) is 6.61 Å². The molecule has 0 radical (unpaired) electrons. The molecule has 0 bridgehead atoms. The monoisotopic (exact) mass is 253 g/mol. The predicted octanol–water partition coefficient (Wildman–Crippen LogP) is 2.21. The van der Waals surface area contributed by atoms with Crippen molar-refractivity contribution in [3.8, 4) is 5.88 Å². The average Bonchev–Trinajstić information content (AvgIpc) is 2.40. The van der Waals surface area contributed by atoms with Crippen molar-refractivity contribution in [2.75, 3.05) is 30.3 Å². The summed E-state index contributed by atoms with van der Waals surface area (Å²) >= 11 is 2.06. The van der Waals surface area contributed by atoms with Crippen LogP contribution in [-0.2, 0) is 0 Å². The molecular weight excluding hydrogens is 234 g/mol. The number of thioether (sulfide) groups is 1. The molecule has 4 nitrogen and oxygen atoms in total. The lowest BCUT2D eigenvalue weighted by Gasteiger charge is -2.32. The summed E-state index contributed by atoms with van der Waals surface area (Å²) in [5.41, 5.74) is 0. The Kier molecular flexibility index (Phi) is 4.48. The SMILES string of the molecule is CCOc1cc(N2CCSC(CC)C2)ncn1. The molecule has 1 unspecified atom stereocenters. The van der Waals surface area contributed by atoms with Crippen molar-refractivity contribution in [2.45, 2.75) is 25.5 Å². The average molecular weight is 253 g/mol. The Labute approximate surface area is 107 Å². The quantitative estimate of drug-likeness (QED) is 0.822. The lowest BCUT2D eigenvalue weighted by atomic mass is 10.3. The van der Waals surface area contributed by atoms with Crippen LogP contribution in [0.15, 0.2) is 12.4 Å². The summed E-state index contributed by atoms with van der Waals surface area (Å²) in [7, 11) is 0. The fourth-order valence-corrected chi connectivity index (χ4v) is 3.08. The van der Waals surface area contributed by atoms with Crippen LogP contribution in [0.4, 0.5) is 5.82 Å². The van der Waals surface area contributed by atoms with E-state index in [4.69, 9.17) is 4.74 Å². The van der Waals surface area contributed by atoms with Crippen LogP contribution in [0.1, 0.15) is 20.3 Å². The van der Waals surface area contributed by atoms with E-state index < -0.39 is 0 Å². The second kappa shape index (κ2) is 6.10. The van der Waals surface area contributed by atoms with Gasteiger partial charge in [0, 0.05) is 30.2 Å². The van der Waals surface area contributed by atoms with Gasteiger partial charge in [-0.3, -0.25) is 0 Å². The number of nitrogens with zero attached hydrogens (tertiary/aromatic N) is 3. The zero-order valence-electron chi connectivity index (χ0n) is 10.4. The molecule has 1 fully saturated rings. The highest BCUT2D eigenvalue weighted by atomic mass is 32.2. The molecule has 1 saturated heterocycles. The van der Waals surface area contributed by atoms with Gasteiger partial charge in [-0.15, -0.1) is 0 Å². The van der Waals surface area contributed by atoms with Crippen molar-refractivity contribution in [3.05, 3.63) is 12.4 Å². The first-order valence-electron chi connectivity index (χ1n) is 6.14. The number of hydrogen-bond acceptors (Lipinski definition) is 5. The van der Waals surface area contributed by atoms with E-state index in [9.17, 15) is 0 Å². The van der Waals surface area contributed by atoms with E-state index in [0.717, 1.165) is 18.9 Å². The van der Waals surface area contributed by atoms with Crippen LogP contribution in [0.25, 0.3) is 0 Å². The minimum absolute atomic E-state index is 0.643. The topological polar surface area (TPSA) is 38.2 Å². The highest BCUT2D eigenvalue weighted by Gasteiger charge is 2.20. The third-order valence-corrected chi connectivity index (χ3v) is 4.21. The smallest absolute Gasteiger partial charge is 0.218 e. The molecule has 1 aliphatic heterocycles. The third-order valence-electron chi connectivity index (χ3n) is 2.84. The largest absolute Gasteiger partial charge is 0.478 e. The van der Waals surface area contributed by atoms with Crippen LogP contribution in [0.2, 0.25) is 0 Å². The number of ether oxygens (including phenoxy) is 1. The molecule has 1 aliphatic rings. The first-order chi connectivity index (χ1) is 8.33. The van der Waals surface area contributed by atoms with E-state index in [1.54, 1.807) is 6.33 Å². The van der Waals surface area contributed by atoms with Gasteiger partial charge in [0.25, 0.3) is 0 Å². The predicted molar refractivity (Wildman–Crippen MR) is 72.0 cm³/mol. The van der Waals surface area contributed by atoms with Crippen LogP contribution in [-0.4, -0.2) is 40.7 Å². The van der Waals surface area contributed by atoms with Crippen molar-refractivity contribution < 1.29 is 4.74 Å². The Morgan fingerprint density at radius 1 is 1.47 bits per heavy atom. The molecule has 1 aromatic heterocycles. The zero-order chi connectivity index (χ0) is 12.1. The van der Waals surface area contributed by atoms with Crippen molar-refractivity contribution in [1.82, 2.24) is 9.97 Å². The Hall–Kier alpha value is -0.970. The highest BCUT2D eigenvalue weighted by molar-refractivity contribution is 8.00. The Morgan fingerprint density at radius 3 is 3.12 bits per heavy atom. The summed E-state index contributed by atoms with van der Waals surface area (Å²) in [4.78, 5) is 10.8. The van der Waals surface area contributed by atoms with Gasteiger partial charge in [0.2, 0.25) is 5.88 Å². The van der Waals surface area contributed by atoms with Crippen LogP contribution >= 0.6 is 11.8 Å². The van der Waals surface area contributed by atoms with Crippen molar-refractivity contribution in [1.29, 1.82) is 0 Å². The maximum absolute atomic E-state index is 5.41. The Bertz CT molecular complexity index is 361. The summed E-state index contributed by atoms with van der Waals surface area (Å²) in [5.74, 6) is 2.83. The lowest BCUT2D eigenvalue weighted by molar-refractivity contribution is 0.326. The van der Waals surface area contributed by atoms with Gasteiger partial charge in [-0.2, -0.15) is 11.8 Å². The van der Waals surface area contributed by atoms with E-state index in [1.807, 2.05) is 13.0 Å². The molecule has 5 heteroatoms. The third kappa shape index (κ3) is 3.25. The van der Waals surface area contributed by atoms with E-state index in [0.29, 0.717) is 17.7 Å². The van der Waals surface area contributed by atoms with Crippen LogP contribution in [0, 0.1) is 0 Å². The number of rotatable bonds is 4. The Balaban J connectivity index is 2.07. The number of hydrogen-bond donors (Lipinski definition) is 0. The van der Waals surface area contributed by atoms with Gasteiger partial charge in [-0.25, -0.2) is 9.97 Å². The number of anilines is 1. The Morgan fingerprint density at radius 2 is 2.35 bits per heavy atom. The first kappa shape index (κ1) is 12.5. The lowest BCUT2D eigenvalue weighted by Crippen LogP contribution is -2.38. The standard InChI is InChI=1S/C12H19N3OS/c1-3-10-8-15(5-6-17-10)11-7-12(16-4-2)14-9-13-11/h7,9-10H,3-6,8H2,1-2H3. The van der Waals surface area contributed by atoms with Gasteiger partial charge in [-0.1, -0.05) is 6.92 Å². The summed E-state index contributed by atoms with van der Waals surface area (Å²) in [6.07, 6.45) is 2.80. The molecule has 1 atom stereocenters.